The molecule has 2 fully saturated rings. The van der Waals surface area contributed by atoms with Crippen molar-refractivity contribution in [3.05, 3.63) is 34.6 Å². The van der Waals surface area contributed by atoms with E-state index in [-0.39, 0.29) is 17.1 Å². The fourth-order valence-electron chi connectivity index (χ4n) is 3.54. The van der Waals surface area contributed by atoms with Gasteiger partial charge in [-0.15, -0.1) is 0 Å². The normalized spacial score (nSPS) is 39.4. The summed E-state index contributed by atoms with van der Waals surface area (Å²) in [6, 6.07) is 0. The van der Waals surface area contributed by atoms with Crippen molar-refractivity contribution in [1.82, 2.24) is 0 Å². The molecule has 0 spiro atoms. The number of Topliss-reactive ketones (excluding diaryl/α,β-unsaturated/α-hetero) is 1. The smallest absolute Gasteiger partial charge is 0.342 e. The Morgan fingerprint density at radius 2 is 2.09 bits per heavy atom. The largest absolute Gasteiger partial charge is 0.452 e. The van der Waals surface area contributed by atoms with Crippen LogP contribution in [-0.2, 0) is 23.9 Å². The van der Waals surface area contributed by atoms with Gasteiger partial charge in [-0.1, -0.05) is 11.6 Å². The van der Waals surface area contributed by atoms with Crippen LogP contribution in [-0.4, -0.2) is 35.3 Å². The highest BCUT2D eigenvalue weighted by molar-refractivity contribution is 6.23. The molecule has 4 rings (SSSR count). The van der Waals surface area contributed by atoms with E-state index in [0.29, 0.717) is 24.8 Å². The van der Waals surface area contributed by atoms with E-state index in [1.54, 1.807) is 0 Å². The molecule has 2 aliphatic heterocycles. The maximum absolute atomic E-state index is 12.5. The van der Waals surface area contributed by atoms with Crippen molar-refractivity contribution in [3.8, 4) is 0 Å². The molecule has 0 aromatic rings. The number of fused-ring (bicyclic) bond motifs is 1. The highest BCUT2D eigenvalue weighted by Gasteiger charge is 2.73. The van der Waals surface area contributed by atoms with Gasteiger partial charge >= 0.3 is 5.97 Å². The first kappa shape index (κ1) is 13.5. The SMILES string of the molecule is C/C1=C/CC[C@]23O[C@H]2[C@@H](OC3=O)C2=C(C1)C(=O)C=C(N)C2=O. The maximum Gasteiger partial charge on any atom is 0.342 e. The number of esters is 1. The summed E-state index contributed by atoms with van der Waals surface area (Å²) in [5.74, 6) is -1.18. The monoisotopic (exact) mass is 301 g/mol. The second-order valence-electron chi connectivity index (χ2n) is 6.21. The summed E-state index contributed by atoms with van der Waals surface area (Å²) in [4.78, 5) is 36.9. The summed E-state index contributed by atoms with van der Waals surface area (Å²) in [6.45, 7) is 1.90. The van der Waals surface area contributed by atoms with E-state index in [0.717, 1.165) is 11.6 Å². The molecule has 0 radical (unpaired) electrons. The number of carbonyl (C=O) groups excluding carboxylic acids is 3. The van der Waals surface area contributed by atoms with E-state index in [9.17, 15) is 14.4 Å². The van der Waals surface area contributed by atoms with Crippen molar-refractivity contribution >= 4 is 17.5 Å². The highest BCUT2D eigenvalue weighted by atomic mass is 16.7. The van der Waals surface area contributed by atoms with Gasteiger partial charge in [0.2, 0.25) is 5.78 Å². The minimum atomic E-state index is -0.948. The third-order valence-electron chi connectivity index (χ3n) is 4.76. The van der Waals surface area contributed by atoms with E-state index in [2.05, 4.69) is 0 Å². The average Bonchev–Trinajstić information content (AvgIpc) is 3.12. The Kier molecular flexibility index (Phi) is 2.55. The van der Waals surface area contributed by atoms with E-state index < -0.39 is 29.6 Å². The lowest BCUT2D eigenvalue weighted by Crippen LogP contribution is -2.33. The molecule has 2 saturated heterocycles. The summed E-state index contributed by atoms with van der Waals surface area (Å²) in [6.07, 6.45) is 3.38. The van der Waals surface area contributed by atoms with Gasteiger partial charge in [0.25, 0.3) is 0 Å². The van der Waals surface area contributed by atoms with E-state index in [1.165, 1.54) is 0 Å². The first-order valence-corrected chi connectivity index (χ1v) is 7.28. The molecule has 0 aromatic carbocycles. The summed E-state index contributed by atoms with van der Waals surface area (Å²) in [5.41, 5.74) is 6.12. The predicted octanol–water partition coefficient (Wildman–Crippen LogP) is 0.471. The molecule has 2 heterocycles. The number of carbonyl (C=O) groups is 3. The molecule has 3 atom stereocenters. The molecule has 6 nitrogen and oxygen atoms in total. The molecule has 114 valence electrons. The molecule has 0 aromatic heterocycles. The van der Waals surface area contributed by atoms with Gasteiger partial charge in [0.15, 0.2) is 17.5 Å². The lowest BCUT2D eigenvalue weighted by molar-refractivity contribution is -0.152. The first-order chi connectivity index (χ1) is 10.4. The Bertz CT molecular complexity index is 729. The van der Waals surface area contributed by atoms with Crippen LogP contribution in [0, 0.1) is 0 Å². The molecule has 0 saturated carbocycles. The quantitative estimate of drug-likeness (QED) is 0.302. The highest BCUT2D eigenvalue weighted by Crippen LogP contribution is 2.53. The number of ketones is 2. The van der Waals surface area contributed by atoms with Crippen molar-refractivity contribution in [1.29, 1.82) is 0 Å². The summed E-state index contributed by atoms with van der Waals surface area (Å²) in [7, 11) is 0. The number of epoxide rings is 1. The van der Waals surface area contributed by atoms with Crippen LogP contribution in [0.2, 0.25) is 0 Å². The number of hydrogen-bond donors (Lipinski definition) is 1. The second-order valence-corrected chi connectivity index (χ2v) is 6.21. The van der Waals surface area contributed by atoms with Crippen LogP contribution in [0.1, 0.15) is 26.2 Å². The summed E-state index contributed by atoms with van der Waals surface area (Å²) < 4.78 is 11.0. The molecule has 0 amide bonds. The zero-order chi connectivity index (χ0) is 15.6. The molecule has 2 bridgehead atoms. The van der Waals surface area contributed by atoms with Crippen LogP contribution >= 0.6 is 0 Å². The van der Waals surface area contributed by atoms with Gasteiger partial charge in [-0.05, 0) is 26.2 Å². The number of rotatable bonds is 0. The van der Waals surface area contributed by atoms with Crippen molar-refractivity contribution in [3.63, 3.8) is 0 Å². The molecule has 22 heavy (non-hydrogen) atoms. The molecular formula is C16H15NO5. The van der Waals surface area contributed by atoms with Gasteiger partial charge in [-0.2, -0.15) is 0 Å². The van der Waals surface area contributed by atoms with Crippen molar-refractivity contribution in [2.24, 2.45) is 5.73 Å². The zero-order valence-corrected chi connectivity index (χ0v) is 12.0. The van der Waals surface area contributed by atoms with E-state index in [4.69, 9.17) is 15.2 Å². The van der Waals surface area contributed by atoms with Crippen LogP contribution in [0.4, 0.5) is 0 Å². The standard InChI is InChI=1S/C16H15NO5/c1-7-3-2-4-16-14(22-16)13(21-15(16)20)11-8(5-7)10(18)6-9(17)12(11)19/h3,6,13-14H,2,4-5,17H2,1H3/b7-3-/t13-,14-,16-/m0/s1. The molecule has 2 N–H and O–H groups in total. The van der Waals surface area contributed by atoms with Gasteiger partial charge in [0.05, 0.1) is 11.3 Å². The zero-order valence-electron chi connectivity index (χ0n) is 12.0. The van der Waals surface area contributed by atoms with Crippen LogP contribution in [0.15, 0.2) is 34.6 Å². The fourth-order valence-corrected chi connectivity index (χ4v) is 3.54. The molecular weight excluding hydrogens is 286 g/mol. The van der Waals surface area contributed by atoms with Gasteiger partial charge in [0, 0.05) is 11.6 Å². The lowest BCUT2D eigenvalue weighted by Gasteiger charge is -2.22. The fraction of sp³-hybridized carbons (Fsp3) is 0.438. The molecule has 4 aliphatic rings. The lowest BCUT2D eigenvalue weighted by atomic mass is 9.82. The van der Waals surface area contributed by atoms with E-state index >= 15 is 0 Å². The molecule has 0 unspecified atom stereocenters. The topological polar surface area (TPSA) is 99.0 Å². The third kappa shape index (κ3) is 1.61. The van der Waals surface area contributed by atoms with Crippen molar-refractivity contribution < 1.29 is 23.9 Å². The molecule has 6 heteroatoms. The van der Waals surface area contributed by atoms with Crippen LogP contribution in [0.5, 0.6) is 0 Å². The Morgan fingerprint density at radius 1 is 1.32 bits per heavy atom. The minimum Gasteiger partial charge on any atom is -0.452 e. The number of ether oxygens (including phenoxy) is 2. The number of allylic oxidation sites excluding steroid dienone is 5. The van der Waals surface area contributed by atoms with Gasteiger partial charge < -0.3 is 15.2 Å². The predicted molar refractivity (Wildman–Crippen MR) is 74.4 cm³/mol. The minimum absolute atomic E-state index is 0.114. The average molecular weight is 301 g/mol. The van der Waals surface area contributed by atoms with Gasteiger partial charge in [-0.25, -0.2) is 4.79 Å². The summed E-state index contributed by atoms with van der Waals surface area (Å²) in [5, 5.41) is 0. The van der Waals surface area contributed by atoms with Crippen molar-refractivity contribution in [2.75, 3.05) is 0 Å². The Labute approximate surface area is 126 Å². The third-order valence-corrected chi connectivity index (χ3v) is 4.76. The Morgan fingerprint density at radius 3 is 2.82 bits per heavy atom. The van der Waals surface area contributed by atoms with Crippen molar-refractivity contribution in [2.45, 2.75) is 44.0 Å². The summed E-state index contributed by atoms with van der Waals surface area (Å²) >= 11 is 0. The van der Waals surface area contributed by atoms with Gasteiger partial charge in [-0.3, -0.25) is 9.59 Å². The Hall–Kier alpha value is -2.21. The van der Waals surface area contributed by atoms with Crippen LogP contribution < -0.4 is 5.73 Å². The van der Waals surface area contributed by atoms with Crippen LogP contribution in [0.25, 0.3) is 0 Å². The Balaban J connectivity index is 1.88. The van der Waals surface area contributed by atoms with Crippen LogP contribution in [0.3, 0.4) is 0 Å². The molecule has 2 aliphatic carbocycles. The second kappa shape index (κ2) is 4.16. The number of hydrogen-bond acceptors (Lipinski definition) is 6. The number of nitrogens with two attached hydrogens (primary N) is 1. The van der Waals surface area contributed by atoms with E-state index in [1.807, 2.05) is 13.0 Å². The maximum atomic E-state index is 12.5. The first-order valence-electron chi connectivity index (χ1n) is 7.28. The van der Waals surface area contributed by atoms with Gasteiger partial charge in [0.1, 0.15) is 6.10 Å².